The minimum Gasteiger partial charge on any atom is -0.350 e. The lowest BCUT2D eigenvalue weighted by Crippen LogP contribution is -2.42. The molecule has 0 bridgehead atoms. The lowest BCUT2D eigenvalue weighted by atomic mass is 10.1. The predicted octanol–water partition coefficient (Wildman–Crippen LogP) is 2.16. The number of hydrogen-bond donors (Lipinski definition) is 1. The highest BCUT2D eigenvalue weighted by Gasteiger charge is 2.23. The van der Waals surface area contributed by atoms with E-state index in [1.54, 1.807) is 29.3 Å². The SMILES string of the molecule is O=C(Cn1cccn1)NC1CCc2nc(-c3ccc(F)cc3F)cn2C1. The number of amides is 1. The molecule has 0 saturated carbocycles. The van der Waals surface area contributed by atoms with Crippen LogP contribution in [0.4, 0.5) is 8.78 Å². The molecule has 1 aliphatic heterocycles. The van der Waals surface area contributed by atoms with Crippen LogP contribution in [0.25, 0.3) is 11.3 Å². The second kappa shape index (κ2) is 6.70. The van der Waals surface area contributed by atoms with E-state index in [0.717, 1.165) is 18.3 Å². The molecule has 4 rings (SSSR count). The Morgan fingerprint density at radius 1 is 1.35 bits per heavy atom. The average molecular weight is 357 g/mol. The number of nitrogens with zero attached hydrogens (tertiary/aromatic N) is 4. The molecule has 134 valence electrons. The Bertz CT molecular complexity index is 935. The number of benzene rings is 1. The van der Waals surface area contributed by atoms with Gasteiger partial charge in [0.2, 0.25) is 5.91 Å². The van der Waals surface area contributed by atoms with Crippen LogP contribution in [0.2, 0.25) is 0 Å². The third-order valence-corrected chi connectivity index (χ3v) is 4.43. The second-order valence-corrected chi connectivity index (χ2v) is 6.33. The molecule has 1 aliphatic rings. The van der Waals surface area contributed by atoms with E-state index in [4.69, 9.17) is 0 Å². The Kier molecular flexibility index (Phi) is 4.24. The number of rotatable bonds is 4. The van der Waals surface area contributed by atoms with Crippen LogP contribution >= 0.6 is 0 Å². The van der Waals surface area contributed by atoms with Crippen molar-refractivity contribution in [1.82, 2.24) is 24.6 Å². The van der Waals surface area contributed by atoms with Crippen molar-refractivity contribution in [3.8, 4) is 11.3 Å². The monoisotopic (exact) mass is 357 g/mol. The van der Waals surface area contributed by atoms with E-state index in [2.05, 4.69) is 15.4 Å². The fourth-order valence-corrected chi connectivity index (χ4v) is 3.20. The minimum atomic E-state index is -0.635. The molecule has 0 radical (unpaired) electrons. The highest BCUT2D eigenvalue weighted by Crippen LogP contribution is 2.25. The number of fused-ring (bicyclic) bond motifs is 1. The molecule has 1 aromatic carbocycles. The number of aromatic nitrogens is 4. The molecule has 26 heavy (non-hydrogen) atoms. The summed E-state index contributed by atoms with van der Waals surface area (Å²) in [4.78, 5) is 16.6. The van der Waals surface area contributed by atoms with E-state index in [9.17, 15) is 13.6 Å². The Hall–Kier alpha value is -3.03. The highest BCUT2D eigenvalue weighted by atomic mass is 19.1. The van der Waals surface area contributed by atoms with Crippen molar-refractivity contribution in [2.45, 2.75) is 32.0 Å². The molecule has 3 heterocycles. The van der Waals surface area contributed by atoms with Gasteiger partial charge in [-0.25, -0.2) is 13.8 Å². The number of carbonyl (C=O) groups excluding carboxylic acids is 1. The molecule has 0 aliphatic carbocycles. The maximum absolute atomic E-state index is 14.0. The van der Waals surface area contributed by atoms with Crippen LogP contribution in [-0.2, 0) is 24.3 Å². The molecule has 3 aromatic rings. The van der Waals surface area contributed by atoms with Crippen LogP contribution in [-0.4, -0.2) is 31.3 Å². The number of imidazole rings is 1. The lowest BCUT2D eigenvalue weighted by Gasteiger charge is -2.24. The zero-order chi connectivity index (χ0) is 18.1. The first-order chi connectivity index (χ1) is 12.6. The molecular weight excluding hydrogens is 340 g/mol. The summed E-state index contributed by atoms with van der Waals surface area (Å²) < 4.78 is 30.5. The van der Waals surface area contributed by atoms with Gasteiger partial charge in [0.1, 0.15) is 24.0 Å². The van der Waals surface area contributed by atoms with E-state index in [0.29, 0.717) is 18.7 Å². The van der Waals surface area contributed by atoms with Gasteiger partial charge in [-0.05, 0) is 24.6 Å². The summed E-state index contributed by atoms with van der Waals surface area (Å²) in [5.74, 6) is -0.520. The van der Waals surface area contributed by atoms with Crippen molar-refractivity contribution in [2.24, 2.45) is 0 Å². The van der Waals surface area contributed by atoms with Crippen LogP contribution in [0.3, 0.4) is 0 Å². The van der Waals surface area contributed by atoms with Crippen molar-refractivity contribution in [3.63, 3.8) is 0 Å². The first kappa shape index (κ1) is 16.4. The van der Waals surface area contributed by atoms with E-state index < -0.39 is 11.6 Å². The zero-order valence-corrected chi connectivity index (χ0v) is 13.9. The number of aryl methyl sites for hydroxylation is 1. The summed E-state index contributed by atoms with van der Waals surface area (Å²) >= 11 is 0. The lowest BCUT2D eigenvalue weighted by molar-refractivity contribution is -0.122. The van der Waals surface area contributed by atoms with Crippen LogP contribution in [0.5, 0.6) is 0 Å². The Balaban J connectivity index is 1.45. The summed E-state index contributed by atoms with van der Waals surface area (Å²) in [5.41, 5.74) is 0.744. The normalized spacial score (nSPS) is 16.3. The van der Waals surface area contributed by atoms with Crippen LogP contribution in [0, 0.1) is 11.6 Å². The van der Waals surface area contributed by atoms with Crippen molar-refractivity contribution in [1.29, 1.82) is 0 Å². The number of halogens is 2. The smallest absolute Gasteiger partial charge is 0.242 e. The van der Waals surface area contributed by atoms with Crippen molar-refractivity contribution >= 4 is 5.91 Å². The van der Waals surface area contributed by atoms with Gasteiger partial charge in [-0.1, -0.05) is 0 Å². The van der Waals surface area contributed by atoms with Crippen LogP contribution in [0.1, 0.15) is 12.2 Å². The topological polar surface area (TPSA) is 64.7 Å². The van der Waals surface area contributed by atoms with Gasteiger partial charge in [0, 0.05) is 49.2 Å². The molecule has 8 heteroatoms. The second-order valence-electron chi connectivity index (χ2n) is 6.33. The maximum atomic E-state index is 14.0. The number of hydrogen-bond acceptors (Lipinski definition) is 3. The van der Waals surface area contributed by atoms with Crippen molar-refractivity contribution in [2.75, 3.05) is 0 Å². The van der Waals surface area contributed by atoms with Gasteiger partial charge < -0.3 is 9.88 Å². The largest absolute Gasteiger partial charge is 0.350 e. The Labute approximate surface area is 148 Å². The van der Waals surface area contributed by atoms with E-state index >= 15 is 0 Å². The maximum Gasteiger partial charge on any atom is 0.242 e. The minimum absolute atomic E-state index is 0.0225. The standard InChI is InChI=1S/C18H17F2N5O/c19-12-2-4-14(15(20)8-12)16-10-24-9-13(3-5-17(24)23-16)22-18(26)11-25-7-1-6-21-25/h1-2,4,6-8,10,13H,3,5,9,11H2,(H,22,26). The zero-order valence-electron chi connectivity index (χ0n) is 13.9. The molecular formula is C18H17F2N5O. The highest BCUT2D eigenvalue weighted by molar-refractivity contribution is 5.76. The molecule has 0 fully saturated rings. The van der Waals surface area contributed by atoms with Gasteiger partial charge in [0.15, 0.2) is 0 Å². The number of nitrogens with one attached hydrogen (secondary N) is 1. The Morgan fingerprint density at radius 3 is 3.00 bits per heavy atom. The molecule has 2 aromatic heterocycles. The first-order valence-electron chi connectivity index (χ1n) is 8.37. The summed E-state index contributed by atoms with van der Waals surface area (Å²) in [6, 6.07) is 5.20. The van der Waals surface area contributed by atoms with Crippen LogP contribution < -0.4 is 5.32 Å². The van der Waals surface area contributed by atoms with E-state index in [1.807, 2.05) is 4.57 Å². The molecule has 6 nitrogen and oxygen atoms in total. The molecule has 1 amide bonds. The van der Waals surface area contributed by atoms with Gasteiger partial charge >= 0.3 is 0 Å². The third kappa shape index (κ3) is 3.35. The summed E-state index contributed by atoms with van der Waals surface area (Å²) in [7, 11) is 0. The van der Waals surface area contributed by atoms with Crippen LogP contribution in [0.15, 0.2) is 42.9 Å². The van der Waals surface area contributed by atoms with Crippen molar-refractivity contribution in [3.05, 3.63) is 60.3 Å². The first-order valence-corrected chi connectivity index (χ1v) is 8.37. The molecule has 1 atom stereocenters. The van der Waals surface area contributed by atoms with E-state index in [1.165, 1.54) is 12.1 Å². The molecule has 1 N–H and O–H groups in total. The van der Waals surface area contributed by atoms with Gasteiger partial charge in [0.25, 0.3) is 0 Å². The molecule has 0 spiro atoms. The summed E-state index contributed by atoms with van der Waals surface area (Å²) in [6.07, 6.45) is 6.54. The quantitative estimate of drug-likeness (QED) is 0.778. The fraction of sp³-hybridized carbons (Fsp3) is 0.278. The van der Waals surface area contributed by atoms with E-state index in [-0.39, 0.29) is 24.1 Å². The molecule has 0 saturated heterocycles. The fourth-order valence-electron chi connectivity index (χ4n) is 3.20. The number of carbonyl (C=O) groups is 1. The van der Waals surface area contributed by atoms with Gasteiger partial charge in [0.05, 0.1) is 5.69 Å². The van der Waals surface area contributed by atoms with Gasteiger partial charge in [-0.2, -0.15) is 5.10 Å². The Morgan fingerprint density at radius 2 is 2.23 bits per heavy atom. The molecule has 1 unspecified atom stereocenters. The van der Waals surface area contributed by atoms with Crippen molar-refractivity contribution < 1.29 is 13.6 Å². The average Bonchev–Trinajstić information content (AvgIpc) is 3.23. The van der Waals surface area contributed by atoms with Gasteiger partial charge in [-0.3, -0.25) is 9.48 Å². The summed E-state index contributed by atoms with van der Waals surface area (Å²) in [6.45, 7) is 0.738. The summed E-state index contributed by atoms with van der Waals surface area (Å²) in [5, 5.41) is 7.01. The van der Waals surface area contributed by atoms with Gasteiger partial charge in [-0.15, -0.1) is 0 Å². The predicted molar refractivity (Wildman–Crippen MR) is 90.1 cm³/mol. The third-order valence-electron chi connectivity index (χ3n) is 4.43.